The van der Waals surface area contributed by atoms with Gasteiger partial charge in [0.15, 0.2) is 5.82 Å². The first kappa shape index (κ1) is 14.3. The van der Waals surface area contributed by atoms with Gasteiger partial charge in [-0.3, -0.25) is 9.89 Å². The molecular weight excluding hydrogens is 298 g/mol. The van der Waals surface area contributed by atoms with Gasteiger partial charge in [0.2, 0.25) is 0 Å². The summed E-state index contributed by atoms with van der Waals surface area (Å²) in [6.45, 7) is 1.91. The Bertz CT molecular complexity index is 807. The molecule has 0 spiro atoms. The Kier molecular flexibility index (Phi) is 3.93. The van der Waals surface area contributed by atoms with E-state index in [9.17, 15) is 4.79 Å². The number of aryl methyl sites for hydroxylation is 1. The van der Waals surface area contributed by atoms with Crippen molar-refractivity contribution in [3.05, 3.63) is 52.2 Å². The summed E-state index contributed by atoms with van der Waals surface area (Å²) in [6, 6.07) is 11.3. The molecule has 0 saturated heterocycles. The van der Waals surface area contributed by atoms with Crippen LogP contribution in [0.5, 0.6) is 5.75 Å². The predicted molar refractivity (Wildman–Crippen MR) is 87.6 cm³/mol. The fourth-order valence-corrected chi connectivity index (χ4v) is 2.99. The molecular formula is C16H15N3O2S. The average molecular weight is 313 g/mol. The smallest absolute Gasteiger partial charge is 0.267 e. The average Bonchev–Trinajstić information content (AvgIpc) is 3.16. The molecule has 2 heterocycles. The van der Waals surface area contributed by atoms with E-state index in [0.717, 1.165) is 22.6 Å². The van der Waals surface area contributed by atoms with Crippen LogP contribution in [0.1, 0.15) is 15.2 Å². The Balaban J connectivity index is 1.82. The van der Waals surface area contributed by atoms with Crippen LogP contribution in [-0.4, -0.2) is 23.2 Å². The van der Waals surface area contributed by atoms with Gasteiger partial charge < -0.3 is 10.1 Å². The van der Waals surface area contributed by atoms with Gasteiger partial charge in [-0.2, -0.15) is 5.10 Å². The molecule has 22 heavy (non-hydrogen) atoms. The number of carbonyl (C=O) groups is 1. The van der Waals surface area contributed by atoms with Crippen LogP contribution in [0, 0.1) is 6.92 Å². The fourth-order valence-electron chi connectivity index (χ4n) is 2.17. The van der Waals surface area contributed by atoms with E-state index < -0.39 is 0 Å². The van der Waals surface area contributed by atoms with E-state index in [1.54, 1.807) is 13.2 Å². The lowest BCUT2D eigenvalue weighted by Gasteiger charge is -2.05. The summed E-state index contributed by atoms with van der Waals surface area (Å²) in [6.07, 6.45) is 0. The topological polar surface area (TPSA) is 67.0 Å². The lowest BCUT2D eigenvalue weighted by atomic mass is 10.1. The standard InChI is InChI=1S/C16H15N3O2S/c1-10-7-8-22-15(10)16(20)17-14-9-12(18-19-14)11-5-3-4-6-13(11)21-2/h3-9H,1-2H3,(H2,17,18,19,20). The Morgan fingerprint density at radius 3 is 2.86 bits per heavy atom. The van der Waals surface area contributed by atoms with Gasteiger partial charge in [-0.15, -0.1) is 11.3 Å². The Morgan fingerprint density at radius 2 is 2.14 bits per heavy atom. The molecule has 0 saturated carbocycles. The zero-order valence-corrected chi connectivity index (χ0v) is 13.0. The molecule has 0 radical (unpaired) electrons. The zero-order chi connectivity index (χ0) is 15.5. The lowest BCUT2D eigenvalue weighted by Crippen LogP contribution is -2.11. The van der Waals surface area contributed by atoms with E-state index in [1.165, 1.54) is 11.3 Å². The normalized spacial score (nSPS) is 10.5. The number of amides is 1. The van der Waals surface area contributed by atoms with Crippen molar-refractivity contribution < 1.29 is 9.53 Å². The molecule has 1 amide bonds. The highest BCUT2D eigenvalue weighted by molar-refractivity contribution is 7.12. The predicted octanol–water partition coefficient (Wildman–Crippen LogP) is 3.71. The first-order chi connectivity index (χ1) is 10.7. The third-order valence-electron chi connectivity index (χ3n) is 3.28. The van der Waals surface area contributed by atoms with E-state index in [0.29, 0.717) is 10.7 Å². The summed E-state index contributed by atoms with van der Waals surface area (Å²) in [4.78, 5) is 12.9. The van der Waals surface area contributed by atoms with Crippen LogP contribution in [0.25, 0.3) is 11.3 Å². The SMILES string of the molecule is COc1ccccc1-c1cc(NC(=O)c2sccc2C)n[nH]1. The van der Waals surface area contributed by atoms with Gasteiger partial charge in [-0.25, -0.2) is 0 Å². The number of hydrogen-bond acceptors (Lipinski definition) is 4. The molecule has 0 bridgehead atoms. The van der Waals surface area contributed by atoms with Gasteiger partial charge >= 0.3 is 0 Å². The number of H-pyrrole nitrogens is 1. The molecule has 112 valence electrons. The summed E-state index contributed by atoms with van der Waals surface area (Å²) in [5.41, 5.74) is 2.64. The van der Waals surface area contributed by atoms with Crippen molar-refractivity contribution in [3.63, 3.8) is 0 Å². The highest BCUT2D eigenvalue weighted by atomic mass is 32.1. The second-order valence-electron chi connectivity index (χ2n) is 4.75. The summed E-state index contributed by atoms with van der Waals surface area (Å²) in [5.74, 6) is 1.09. The number of aromatic nitrogens is 2. The number of rotatable bonds is 4. The van der Waals surface area contributed by atoms with E-state index in [-0.39, 0.29) is 5.91 Å². The van der Waals surface area contributed by atoms with Crippen LogP contribution in [0.15, 0.2) is 41.8 Å². The van der Waals surface area contributed by atoms with Crippen LogP contribution < -0.4 is 10.1 Å². The van der Waals surface area contributed by atoms with Crippen molar-refractivity contribution in [2.45, 2.75) is 6.92 Å². The number of carbonyl (C=O) groups excluding carboxylic acids is 1. The van der Waals surface area contributed by atoms with Crippen molar-refractivity contribution in [2.75, 3.05) is 12.4 Å². The molecule has 0 aliphatic rings. The van der Waals surface area contributed by atoms with E-state index >= 15 is 0 Å². The Hall–Kier alpha value is -2.60. The molecule has 0 atom stereocenters. The van der Waals surface area contributed by atoms with E-state index in [4.69, 9.17) is 4.74 Å². The first-order valence-electron chi connectivity index (χ1n) is 6.73. The molecule has 0 aliphatic heterocycles. The molecule has 0 aliphatic carbocycles. The van der Waals surface area contributed by atoms with Gasteiger partial charge in [0.05, 0.1) is 17.7 Å². The van der Waals surface area contributed by atoms with Crippen molar-refractivity contribution in [1.29, 1.82) is 0 Å². The molecule has 2 aromatic heterocycles. The summed E-state index contributed by atoms with van der Waals surface area (Å²) < 4.78 is 5.33. The second kappa shape index (κ2) is 6.03. The summed E-state index contributed by atoms with van der Waals surface area (Å²) in [5, 5.41) is 11.8. The highest BCUT2D eigenvalue weighted by Gasteiger charge is 2.13. The van der Waals surface area contributed by atoms with Crippen LogP contribution in [0.4, 0.5) is 5.82 Å². The molecule has 1 aromatic carbocycles. The summed E-state index contributed by atoms with van der Waals surface area (Å²) in [7, 11) is 1.62. The van der Waals surface area contributed by atoms with Crippen molar-refractivity contribution in [3.8, 4) is 17.0 Å². The number of thiophene rings is 1. The molecule has 0 fully saturated rings. The number of nitrogens with zero attached hydrogens (tertiary/aromatic N) is 1. The van der Waals surface area contributed by atoms with Gasteiger partial charge in [-0.1, -0.05) is 12.1 Å². The molecule has 3 aromatic rings. The van der Waals surface area contributed by atoms with Crippen molar-refractivity contribution in [1.82, 2.24) is 10.2 Å². The maximum absolute atomic E-state index is 12.2. The second-order valence-corrected chi connectivity index (χ2v) is 5.67. The minimum atomic E-state index is -0.148. The van der Waals surface area contributed by atoms with Crippen LogP contribution in [0.2, 0.25) is 0 Å². The number of aromatic amines is 1. The minimum Gasteiger partial charge on any atom is -0.496 e. The number of methoxy groups -OCH3 is 1. The number of ether oxygens (including phenoxy) is 1. The molecule has 2 N–H and O–H groups in total. The van der Waals surface area contributed by atoms with Gasteiger partial charge in [0.25, 0.3) is 5.91 Å². The van der Waals surface area contributed by atoms with Crippen LogP contribution >= 0.6 is 11.3 Å². The van der Waals surface area contributed by atoms with Crippen LogP contribution in [0.3, 0.4) is 0 Å². The van der Waals surface area contributed by atoms with Crippen molar-refractivity contribution >= 4 is 23.1 Å². The van der Waals surface area contributed by atoms with Gasteiger partial charge in [0.1, 0.15) is 5.75 Å². The third kappa shape index (κ3) is 2.73. The lowest BCUT2D eigenvalue weighted by molar-refractivity contribution is 0.102. The number of para-hydroxylation sites is 1. The monoisotopic (exact) mass is 313 g/mol. The van der Waals surface area contributed by atoms with E-state index in [1.807, 2.05) is 42.6 Å². The van der Waals surface area contributed by atoms with Crippen LogP contribution in [-0.2, 0) is 0 Å². The zero-order valence-electron chi connectivity index (χ0n) is 12.2. The number of nitrogens with one attached hydrogen (secondary N) is 2. The molecule has 6 heteroatoms. The molecule has 5 nitrogen and oxygen atoms in total. The molecule has 3 rings (SSSR count). The van der Waals surface area contributed by atoms with Gasteiger partial charge in [0, 0.05) is 11.6 Å². The first-order valence-corrected chi connectivity index (χ1v) is 7.61. The highest BCUT2D eigenvalue weighted by Crippen LogP contribution is 2.29. The number of anilines is 1. The maximum Gasteiger partial charge on any atom is 0.267 e. The Morgan fingerprint density at radius 1 is 1.32 bits per heavy atom. The molecule has 0 unspecified atom stereocenters. The summed E-state index contributed by atoms with van der Waals surface area (Å²) >= 11 is 1.42. The van der Waals surface area contributed by atoms with E-state index in [2.05, 4.69) is 15.5 Å². The Labute approximate surface area is 132 Å². The third-order valence-corrected chi connectivity index (χ3v) is 4.30. The maximum atomic E-state index is 12.2. The van der Waals surface area contributed by atoms with Gasteiger partial charge in [-0.05, 0) is 36.1 Å². The quantitative estimate of drug-likeness (QED) is 0.771. The largest absolute Gasteiger partial charge is 0.496 e. The minimum absolute atomic E-state index is 0.148. The van der Waals surface area contributed by atoms with Crippen molar-refractivity contribution in [2.24, 2.45) is 0 Å². The fraction of sp³-hybridized carbons (Fsp3) is 0.125. The number of hydrogen-bond donors (Lipinski definition) is 2. The number of benzene rings is 1.